The van der Waals surface area contributed by atoms with Crippen LogP contribution >= 0.6 is 0 Å². The van der Waals surface area contributed by atoms with Gasteiger partial charge in [0.05, 0.1) is 16.8 Å². The highest BCUT2D eigenvalue weighted by molar-refractivity contribution is 6.03. The van der Waals surface area contributed by atoms with Gasteiger partial charge in [0.2, 0.25) is 0 Å². The summed E-state index contributed by atoms with van der Waals surface area (Å²) in [5, 5.41) is 12.3. The molecule has 2 aromatic carbocycles. The Kier molecular flexibility index (Phi) is 5.02. The summed E-state index contributed by atoms with van der Waals surface area (Å²) in [6.45, 7) is 0. The Balaban J connectivity index is 1.73. The topological polar surface area (TPSA) is 66.9 Å². The SMILES string of the molecule is O=C(Nc1ccc(Nc2ccccc2C(F)(F)F)nn1)c1ccccc1F. The van der Waals surface area contributed by atoms with E-state index < -0.39 is 23.5 Å². The van der Waals surface area contributed by atoms with Crippen molar-refractivity contribution in [2.45, 2.75) is 6.18 Å². The monoisotopic (exact) mass is 376 g/mol. The number of rotatable bonds is 4. The normalized spacial score (nSPS) is 11.1. The molecule has 5 nitrogen and oxygen atoms in total. The van der Waals surface area contributed by atoms with Crippen molar-refractivity contribution in [3.63, 3.8) is 0 Å². The van der Waals surface area contributed by atoms with E-state index in [4.69, 9.17) is 0 Å². The molecule has 2 N–H and O–H groups in total. The number of para-hydroxylation sites is 1. The zero-order valence-electron chi connectivity index (χ0n) is 13.6. The smallest absolute Gasteiger partial charge is 0.338 e. The standard InChI is InChI=1S/C18H12F4N4O/c19-13-7-3-1-5-11(13)17(27)24-16-10-9-15(25-26-16)23-14-8-4-2-6-12(14)18(20,21)22/h1-10H,(H,23,25)(H,24,26,27). The highest BCUT2D eigenvalue weighted by Gasteiger charge is 2.33. The minimum atomic E-state index is -4.52. The number of hydrogen-bond acceptors (Lipinski definition) is 4. The van der Waals surface area contributed by atoms with Crippen molar-refractivity contribution in [1.29, 1.82) is 0 Å². The molecule has 0 atom stereocenters. The van der Waals surface area contributed by atoms with Crippen LogP contribution in [0.3, 0.4) is 0 Å². The maximum absolute atomic E-state index is 13.6. The van der Waals surface area contributed by atoms with E-state index in [1.807, 2.05) is 0 Å². The lowest BCUT2D eigenvalue weighted by Crippen LogP contribution is -2.15. The maximum atomic E-state index is 13.6. The number of carbonyl (C=O) groups is 1. The average molecular weight is 376 g/mol. The third kappa shape index (κ3) is 4.38. The van der Waals surface area contributed by atoms with E-state index in [1.165, 1.54) is 48.5 Å². The van der Waals surface area contributed by atoms with Crippen LogP contribution in [0.1, 0.15) is 15.9 Å². The summed E-state index contributed by atoms with van der Waals surface area (Å²) >= 11 is 0. The molecule has 0 fully saturated rings. The Labute approximate surface area is 151 Å². The van der Waals surface area contributed by atoms with Gasteiger partial charge < -0.3 is 10.6 Å². The third-order valence-electron chi connectivity index (χ3n) is 3.52. The minimum absolute atomic E-state index is 0.0258. The third-order valence-corrected chi connectivity index (χ3v) is 3.52. The fraction of sp³-hybridized carbons (Fsp3) is 0.0556. The first-order chi connectivity index (χ1) is 12.8. The number of nitrogens with zero attached hydrogens (tertiary/aromatic N) is 2. The quantitative estimate of drug-likeness (QED) is 0.652. The molecule has 0 bridgehead atoms. The lowest BCUT2D eigenvalue weighted by atomic mass is 10.1. The first-order valence-corrected chi connectivity index (χ1v) is 7.67. The number of carbonyl (C=O) groups excluding carboxylic acids is 1. The Hall–Kier alpha value is -3.49. The second kappa shape index (κ2) is 7.40. The highest BCUT2D eigenvalue weighted by atomic mass is 19.4. The molecule has 138 valence electrons. The Morgan fingerprint density at radius 3 is 2.15 bits per heavy atom. The largest absolute Gasteiger partial charge is 0.418 e. The summed E-state index contributed by atoms with van der Waals surface area (Å²) < 4.78 is 52.6. The molecule has 27 heavy (non-hydrogen) atoms. The molecule has 0 aliphatic rings. The summed E-state index contributed by atoms with van der Waals surface area (Å²) in [6, 6.07) is 13.0. The summed E-state index contributed by atoms with van der Waals surface area (Å²) in [7, 11) is 0. The molecule has 0 aliphatic heterocycles. The molecule has 0 unspecified atom stereocenters. The van der Waals surface area contributed by atoms with Gasteiger partial charge in [0.1, 0.15) is 5.82 Å². The number of halogens is 4. The van der Waals surface area contributed by atoms with Crippen LogP contribution in [0, 0.1) is 5.82 Å². The molecular formula is C18H12F4N4O. The average Bonchev–Trinajstić information content (AvgIpc) is 2.63. The van der Waals surface area contributed by atoms with Crippen LogP contribution < -0.4 is 10.6 Å². The number of alkyl halides is 3. The molecule has 0 saturated heterocycles. The van der Waals surface area contributed by atoms with Crippen molar-refractivity contribution in [1.82, 2.24) is 10.2 Å². The Bertz CT molecular complexity index is 958. The molecule has 0 spiro atoms. The molecular weight excluding hydrogens is 364 g/mol. The van der Waals surface area contributed by atoms with Crippen LogP contribution in [-0.2, 0) is 6.18 Å². The number of aromatic nitrogens is 2. The zero-order chi connectivity index (χ0) is 19.4. The number of benzene rings is 2. The van der Waals surface area contributed by atoms with E-state index in [-0.39, 0.29) is 22.9 Å². The summed E-state index contributed by atoms with van der Waals surface area (Å²) in [5.74, 6) is -1.33. The molecule has 1 heterocycles. The zero-order valence-corrected chi connectivity index (χ0v) is 13.6. The second-order valence-corrected chi connectivity index (χ2v) is 5.41. The molecule has 3 rings (SSSR count). The first-order valence-electron chi connectivity index (χ1n) is 7.67. The molecule has 1 aromatic heterocycles. The summed E-state index contributed by atoms with van der Waals surface area (Å²) in [6.07, 6.45) is -4.52. The van der Waals surface area contributed by atoms with E-state index in [1.54, 1.807) is 0 Å². The maximum Gasteiger partial charge on any atom is 0.418 e. The van der Waals surface area contributed by atoms with Gasteiger partial charge in [0.15, 0.2) is 11.6 Å². The lowest BCUT2D eigenvalue weighted by molar-refractivity contribution is -0.136. The minimum Gasteiger partial charge on any atom is -0.338 e. The van der Waals surface area contributed by atoms with E-state index in [0.717, 1.165) is 12.1 Å². The molecule has 0 saturated carbocycles. The number of hydrogen-bond donors (Lipinski definition) is 2. The van der Waals surface area contributed by atoms with Gasteiger partial charge in [0, 0.05) is 0 Å². The molecule has 3 aromatic rings. The van der Waals surface area contributed by atoms with Gasteiger partial charge in [-0.25, -0.2) is 4.39 Å². The number of amides is 1. The number of nitrogens with one attached hydrogen (secondary N) is 2. The van der Waals surface area contributed by atoms with Gasteiger partial charge in [-0.1, -0.05) is 24.3 Å². The van der Waals surface area contributed by atoms with Gasteiger partial charge >= 0.3 is 6.18 Å². The van der Waals surface area contributed by atoms with Crippen LogP contribution in [0.5, 0.6) is 0 Å². The van der Waals surface area contributed by atoms with Gasteiger partial charge in [0.25, 0.3) is 5.91 Å². The van der Waals surface area contributed by atoms with Crippen molar-refractivity contribution in [3.05, 3.63) is 77.6 Å². The van der Waals surface area contributed by atoms with E-state index in [0.29, 0.717) is 0 Å². The lowest BCUT2D eigenvalue weighted by Gasteiger charge is -2.13. The molecule has 1 amide bonds. The fourth-order valence-electron chi connectivity index (χ4n) is 2.27. The predicted molar refractivity (Wildman–Crippen MR) is 91.1 cm³/mol. The fourth-order valence-corrected chi connectivity index (χ4v) is 2.27. The summed E-state index contributed by atoms with van der Waals surface area (Å²) in [4.78, 5) is 12.0. The van der Waals surface area contributed by atoms with E-state index in [9.17, 15) is 22.4 Å². The van der Waals surface area contributed by atoms with Crippen molar-refractivity contribution < 1.29 is 22.4 Å². The van der Waals surface area contributed by atoms with Gasteiger partial charge in [-0.3, -0.25) is 4.79 Å². The Morgan fingerprint density at radius 2 is 1.48 bits per heavy atom. The van der Waals surface area contributed by atoms with Crippen molar-refractivity contribution in [2.24, 2.45) is 0 Å². The second-order valence-electron chi connectivity index (χ2n) is 5.41. The van der Waals surface area contributed by atoms with Gasteiger partial charge in [-0.05, 0) is 36.4 Å². The van der Waals surface area contributed by atoms with E-state index >= 15 is 0 Å². The molecule has 0 aliphatic carbocycles. The van der Waals surface area contributed by atoms with Crippen molar-refractivity contribution in [2.75, 3.05) is 10.6 Å². The number of anilines is 3. The Morgan fingerprint density at radius 1 is 0.852 bits per heavy atom. The van der Waals surface area contributed by atoms with Crippen LogP contribution in [0.2, 0.25) is 0 Å². The molecule has 0 radical (unpaired) electrons. The van der Waals surface area contributed by atoms with Gasteiger partial charge in [-0.15, -0.1) is 10.2 Å². The van der Waals surface area contributed by atoms with Crippen LogP contribution in [0.25, 0.3) is 0 Å². The van der Waals surface area contributed by atoms with E-state index in [2.05, 4.69) is 20.8 Å². The van der Waals surface area contributed by atoms with Crippen LogP contribution in [0.15, 0.2) is 60.7 Å². The first kappa shape index (κ1) is 18.3. The van der Waals surface area contributed by atoms with Crippen molar-refractivity contribution in [3.8, 4) is 0 Å². The highest BCUT2D eigenvalue weighted by Crippen LogP contribution is 2.35. The van der Waals surface area contributed by atoms with Crippen LogP contribution in [-0.4, -0.2) is 16.1 Å². The molecule has 9 heteroatoms. The van der Waals surface area contributed by atoms with Crippen LogP contribution in [0.4, 0.5) is 34.9 Å². The summed E-state index contributed by atoms with van der Waals surface area (Å²) in [5.41, 5.74) is -1.19. The van der Waals surface area contributed by atoms with Crippen molar-refractivity contribution >= 4 is 23.2 Å². The van der Waals surface area contributed by atoms with Gasteiger partial charge in [-0.2, -0.15) is 13.2 Å². The predicted octanol–water partition coefficient (Wildman–Crippen LogP) is 4.63.